The number of allylic oxidation sites excluding steroid dienone is 2. The fourth-order valence-electron chi connectivity index (χ4n) is 8.64. The van der Waals surface area contributed by atoms with E-state index in [0.717, 1.165) is 42.6 Å². The Labute approximate surface area is 246 Å². The first-order chi connectivity index (χ1) is 19.3. The highest BCUT2D eigenvalue weighted by Gasteiger charge is 2.67. The molecule has 1 heterocycles. The van der Waals surface area contributed by atoms with Crippen LogP contribution in [0.3, 0.4) is 0 Å². The van der Waals surface area contributed by atoms with E-state index in [4.69, 9.17) is 9.47 Å². The number of hydrogen-bond donors (Lipinski definition) is 0. The summed E-state index contributed by atoms with van der Waals surface area (Å²) in [5.74, 6) is -7.30. The van der Waals surface area contributed by atoms with E-state index in [-0.39, 0.29) is 29.6 Å². The van der Waals surface area contributed by atoms with Crippen molar-refractivity contribution >= 4 is 11.8 Å². The molecule has 230 valence electrons. The highest BCUT2D eigenvalue weighted by atomic mass is 32.2. The van der Waals surface area contributed by atoms with E-state index >= 15 is 0 Å². The molecular formula is C33H45F5O2S. The predicted octanol–water partition coefficient (Wildman–Crippen LogP) is 10.0. The molecule has 41 heavy (non-hydrogen) atoms. The Morgan fingerprint density at radius 1 is 0.878 bits per heavy atom. The Morgan fingerprint density at radius 2 is 1.54 bits per heavy atom. The number of fused-ring (bicyclic) bond motifs is 4. The molecule has 3 saturated carbocycles. The monoisotopic (exact) mass is 600 g/mol. The van der Waals surface area contributed by atoms with Crippen LogP contribution in [0.2, 0.25) is 0 Å². The summed E-state index contributed by atoms with van der Waals surface area (Å²) in [5.41, 5.74) is 3.81. The largest absolute Gasteiger partial charge is 0.453 e. The van der Waals surface area contributed by atoms with Gasteiger partial charge in [-0.25, -0.2) is 0 Å². The first kappa shape index (κ1) is 31.3. The third-order valence-electron chi connectivity index (χ3n) is 10.5. The van der Waals surface area contributed by atoms with Gasteiger partial charge in [-0.3, -0.25) is 0 Å². The van der Waals surface area contributed by atoms with Crippen LogP contribution in [0.25, 0.3) is 0 Å². The molecule has 0 amide bonds. The highest BCUT2D eigenvalue weighted by molar-refractivity contribution is 7.98. The maximum absolute atomic E-state index is 14.8. The molecule has 2 nitrogen and oxygen atoms in total. The average Bonchev–Trinajstić information content (AvgIpc) is 3.40. The number of rotatable bonds is 3. The van der Waals surface area contributed by atoms with Crippen molar-refractivity contribution in [1.29, 1.82) is 0 Å². The van der Waals surface area contributed by atoms with E-state index in [0.29, 0.717) is 32.0 Å². The van der Waals surface area contributed by atoms with Gasteiger partial charge in [0.05, 0.1) is 13.2 Å². The van der Waals surface area contributed by atoms with E-state index in [9.17, 15) is 22.0 Å². The lowest BCUT2D eigenvalue weighted by Crippen LogP contribution is -2.51. The van der Waals surface area contributed by atoms with Crippen molar-refractivity contribution in [3.8, 4) is 0 Å². The average molecular weight is 601 g/mol. The second kappa shape index (κ2) is 11.4. The molecule has 0 radical (unpaired) electrons. The third-order valence-corrected chi connectivity index (χ3v) is 11.3. The van der Waals surface area contributed by atoms with Crippen LogP contribution in [0.15, 0.2) is 40.3 Å². The molecule has 6 rings (SSSR count). The molecule has 6 atom stereocenters. The molecule has 0 aromatic heterocycles. The molecule has 1 saturated heterocycles. The Kier molecular flexibility index (Phi) is 8.72. The van der Waals surface area contributed by atoms with Gasteiger partial charge in [0.25, 0.3) is 0 Å². The van der Waals surface area contributed by atoms with Crippen LogP contribution in [0.5, 0.6) is 0 Å². The van der Waals surface area contributed by atoms with E-state index < -0.39 is 29.7 Å². The Balaban J connectivity index is 0.00000165. The van der Waals surface area contributed by atoms with Crippen LogP contribution in [0.4, 0.5) is 22.0 Å². The Bertz CT molecular complexity index is 1100. The van der Waals surface area contributed by atoms with Gasteiger partial charge in [-0.1, -0.05) is 51.0 Å². The number of hydrogen-bond acceptors (Lipinski definition) is 3. The van der Waals surface area contributed by atoms with Gasteiger partial charge in [-0.05, 0) is 86.1 Å². The Hall–Kier alpha value is -1.12. The first-order valence-corrected chi connectivity index (χ1v) is 16.7. The van der Waals surface area contributed by atoms with Crippen molar-refractivity contribution in [1.82, 2.24) is 0 Å². The van der Waals surface area contributed by atoms with Gasteiger partial charge in [0.2, 0.25) is 0 Å². The number of alkyl halides is 5. The van der Waals surface area contributed by atoms with Crippen LogP contribution in [0, 0.1) is 35.0 Å². The molecule has 8 heteroatoms. The van der Waals surface area contributed by atoms with E-state index in [1.807, 2.05) is 32.2 Å². The number of thioether (sulfide) groups is 1. The van der Waals surface area contributed by atoms with Crippen molar-refractivity contribution in [2.24, 2.45) is 35.0 Å². The zero-order chi connectivity index (χ0) is 29.8. The molecule has 1 aromatic carbocycles. The molecule has 6 unspecified atom stereocenters. The standard InChI is InChI=1S/C31H39F5O2S.C2H6/c1-28(2)16-37-29(38-17-28)13-12-21-19(15-29)6-9-23-22-10-11-26(30(32,33)31(34,35)36)25(22)14-24(27(21)23)18-4-7-20(39-3)8-5-18;1-2/h4-5,7-8,19,22-26H,6,9-17H2,1-3H3;1-2H3. The van der Waals surface area contributed by atoms with Gasteiger partial charge >= 0.3 is 12.1 Å². The molecule has 1 aromatic rings. The van der Waals surface area contributed by atoms with Crippen molar-refractivity contribution in [2.75, 3.05) is 19.5 Å². The van der Waals surface area contributed by atoms with E-state index in [1.54, 1.807) is 11.8 Å². The van der Waals surface area contributed by atoms with E-state index in [1.165, 1.54) is 11.1 Å². The first-order valence-electron chi connectivity index (χ1n) is 15.4. The van der Waals surface area contributed by atoms with Crippen LogP contribution in [0.1, 0.15) is 90.5 Å². The molecule has 1 spiro atoms. The van der Waals surface area contributed by atoms with Crippen molar-refractivity contribution in [3.05, 3.63) is 41.0 Å². The minimum absolute atomic E-state index is 0.00837. The molecule has 1 aliphatic heterocycles. The number of benzene rings is 1. The second-order valence-electron chi connectivity index (χ2n) is 13.4. The molecule has 0 bridgehead atoms. The summed E-state index contributed by atoms with van der Waals surface area (Å²) < 4.78 is 83.0. The molecule has 5 aliphatic rings. The lowest BCUT2D eigenvalue weighted by atomic mass is 9.55. The zero-order valence-electron chi connectivity index (χ0n) is 25.0. The van der Waals surface area contributed by atoms with Gasteiger partial charge in [0.15, 0.2) is 5.79 Å². The summed E-state index contributed by atoms with van der Waals surface area (Å²) in [4.78, 5) is 1.11. The summed E-state index contributed by atoms with van der Waals surface area (Å²) in [6, 6.07) is 8.22. The fraction of sp³-hybridized carbons (Fsp3) is 0.758. The van der Waals surface area contributed by atoms with Crippen LogP contribution >= 0.6 is 11.8 Å². The Morgan fingerprint density at radius 3 is 2.15 bits per heavy atom. The van der Waals surface area contributed by atoms with Gasteiger partial charge in [0.1, 0.15) is 0 Å². The summed E-state index contributed by atoms with van der Waals surface area (Å²) >= 11 is 1.64. The highest BCUT2D eigenvalue weighted by Crippen LogP contribution is 2.64. The maximum atomic E-state index is 14.8. The summed E-state index contributed by atoms with van der Waals surface area (Å²) in [6.07, 6.45) is 1.44. The topological polar surface area (TPSA) is 18.5 Å². The fourth-order valence-corrected chi connectivity index (χ4v) is 9.04. The lowest BCUT2D eigenvalue weighted by Gasteiger charge is -2.53. The van der Waals surface area contributed by atoms with Crippen LogP contribution in [-0.4, -0.2) is 37.4 Å². The maximum Gasteiger partial charge on any atom is 0.453 e. The summed E-state index contributed by atoms with van der Waals surface area (Å²) in [7, 11) is 0. The van der Waals surface area contributed by atoms with Gasteiger partial charge in [-0.15, -0.1) is 11.8 Å². The zero-order valence-corrected chi connectivity index (χ0v) is 25.8. The smallest absolute Gasteiger partial charge is 0.349 e. The molecule has 4 aliphatic carbocycles. The molecule has 0 N–H and O–H groups in total. The van der Waals surface area contributed by atoms with Gasteiger partial charge in [0, 0.05) is 35.0 Å². The normalized spacial score (nSPS) is 34.3. The van der Waals surface area contributed by atoms with Gasteiger partial charge in [-0.2, -0.15) is 22.0 Å². The van der Waals surface area contributed by atoms with Gasteiger partial charge < -0.3 is 9.47 Å². The van der Waals surface area contributed by atoms with Crippen molar-refractivity contribution < 1.29 is 31.4 Å². The summed E-state index contributed by atoms with van der Waals surface area (Å²) in [6.45, 7) is 9.61. The van der Waals surface area contributed by atoms with Crippen molar-refractivity contribution in [2.45, 2.75) is 108 Å². The predicted molar refractivity (Wildman–Crippen MR) is 153 cm³/mol. The SMILES string of the molecule is CC.CSc1ccc(C2CC3C(CCC3C(F)(F)C(F)(F)F)C3CCC4CC5(CCC4=C23)OCC(C)(C)CO5)cc1. The minimum atomic E-state index is -5.51. The lowest BCUT2D eigenvalue weighted by molar-refractivity contribution is -0.312. The molecular weight excluding hydrogens is 555 g/mol. The van der Waals surface area contributed by atoms with Crippen molar-refractivity contribution in [3.63, 3.8) is 0 Å². The van der Waals surface area contributed by atoms with Crippen LogP contribution < -0.4 is 0 Å². The summed E-state index contributed by atoms with van der Waals surface area (Å²) in [5, 5.41) is 0. The minimum Gasteiger partial charge on any atom is -0.349 e. The van der Waals surface area contributed by atoms with Crippen LogP contribution in [-0.2, 0) is 9.47 Å². The number of halogens is 5. The second-order valence-corrected chi connectivity index (χ2v) is 14.3. The quantitative estimate of drug-likeness (QED) is 0.195. The molecule has 4 fully saturated rings. The van der Waals surface area contributed by atoms with E-state index in [2.05, 4.69) is 26.0 Å². The third kappa shape index (κ3) is 5.63. The number of ether oxygens (including phenoxy) is 2.